The first-order valence-corrected chi connectivity index (χ1v) is 38.4. The fourth-order valence-corrected chi connectivity index (χ4v) is 13.9. The molecule has 1 saturated heterocycles. The van der Waals surface area contributed by atoms with Crippen LogP contribution in [0, 0.1) is 5.41 Å². The van der Waals surface area contributed by atoms with Crippen molar-refractivity contribution in [2.24, 2.45) is 11.1 Å². The van der Waals surface area contributed by atoms with Crippen LogP contribution in [0.25, 0.3) is 11.0 Å². The van der Waals surface area contributed by atoms with Gasteiger partial charge in [0.15, 0.2) is 0 Å². The number of aliphatic hydroxyl groups excluding tert-OH is 2. The number of hydrogen-bond donors (Lipinski definition) is 18. The standard InChI is InChI=1S/C75H101N15O17S2/c1-9-13-50-64(98)82-52-26-27-57(95)77-29-12-17-51(66(100)88-59(40(2)91)70(104)84-55(68(102)80-50)35-46-36-79-63-49(46)16-11-30-78-63)81-67(101)53(33-42-18-22-47(93)23-19-42)85-72(106)61(74(4,5)6)87-58(96)28-31-108-37-44-14-10-15-45(32-44)38-109-39-56(62(76)97)86-71(105)60(41(3)92)89-73(107)75(7,8)90-69(103)54(83-65(52)99)34-43-20-24-48(94)25-21-43/h10-11,14-16,18-25,30,32,36,40-41,50-56,59-61,91-94H,9,12-13,17,26-29,31,33-35,37-39H2,1-8H3,(H2,76,97)(H,77,95)(H,78,79)(H,80,102)(H,81,101)(H,82,98)(H,83,99)(H,84,104)(H,85,106)(H,86,105)(H,87,96)(H,88,100)(H,89,107)(H,90,103)/t40-,41-,50+,51+,52-,53+,54+,55+,56+,59+,60+,61-/m1/s1. The number of fused-ring (bicyclic) bond motifs is 11. The molecular formula is C75H101N15O17S2. The Hall–Kier alpha value is -10.3. The number of rotatable bonds is 11. The van der Waals surface area contributed by atoms with Crippen LogP contribution in [-0.2, 0) is 93.1 Å². The molecule has 7 rings (SSSR count). The highest BCUT2D eigenvalue weighted by molar-refractivity contribution is 7.98. The Morgan fingerprint density at radius 2 is 1.12 bits per heavy atom. The van der Waals surface area contributed by atoms with Gasteiger partial charge in [0.1, 0.15) is 83.1 Å². The number of carbonyl (C=O) groups excluding carboxylic acids is 13. The minimum absolute atomic E-state index is 0.0389. The lowest BCUT2D eigenvalue weighted by molar-refractivity contribution is -0.138. The van der Waals surface area contributed by atoms with Crippen molar-refractivity contribution in [1.82, 2.24) is 73.8 Å². The zero-order chi connectivity index (χ0) is 79.9. The van der Waals surface area contributed by atoms with Gasteiger partial charge >= 0.3 is 0 Å². The van der Waals surface area contributed by atoms with Crippen LogP contribution in [-0.4, -0.2) is 203 Å². The summed E-state index contributed by atoms with van der Waals surface area (Å²) in [7, 11) is 0. The van der Waals surface area contributed by atoms with Gasteiger partial charge in [-0.25, -0.2) is 4.98 Å². The van der Waals surface area contributed by atoms with E-state index >= 15 is 9.59 Å². The van der Waals surface area contributed by atoms with E-state index in [-0.39, 0.29) is 75.2 Å². The molecule has 3 aromatic carbocycles. The highest BCUT2D eigenvalue weighted by Crippen LogP contribution is 2.24. The number of aliphatic hydroxyl groups is 2. The highest BCUT2D eigenvalue weighted by Gasteiger charge is 2.41. The number of aromatic hydroxyl groups is 2. The van der Waals surface area contributed by atoms with Crippen molar-refractivity contribution in [3.63, 3.8) is 0 Å². The largest absolute Gasteiger partial charge is 0.508 e. The van der Waals surface area contributed by atoms with Gasteiger partial charge in [0, 0.05) is 79.4 Å². The fourth-order valence-electron chi connectivity index (χ4n) is 12.0. The minimum Gasteiger partial charge on any atom is -0.508 e. The van der Waals surface area contributed by atoms with E-state index in [0.717, 1.165) is 11.1 Å². The Kier molecular flexibility index (Phi) is 31.7. The quantitative estimate of drug-likeness (QED) is 0.0834. The molecule has 2 aliphatic rings. The van der Waals surface area contributed by atoms with E-state index < -0.39 is 173 Å². The van der Waals surface area contributed by atoms with E-state index in [0.29, 0.717) is 45.0 Å². The highest BCUT2D eigenvalue weighted by atomic mass is 32.2. The maximum absolute atomic E-state index is 15.0. The summed E-state index contributed by atoms with van der Waals surface area (Å²) >= 11 is 2.68. The summed E-state index contributed by atoms with van der Waals surface area (Å²) in [4.78, 5) is 195. The molecule has 19 N–H and O–H groups in total. The first kappa shape index (κ1) is 85.9. The van der Waals surface area contributed by atoms with Gasteiger partial charge in [-0.2, -0.15) is 23.5 Å². The second kappa shape index (κ2) is 40.2. The van der Waals surface area contributed by atoms with Crippen LogP contribution < -0.4 is 69.5 Å². The van der Waals surface area contributed by atoms with Gasteiger partial charge in [-0.3, -0.25) is 62.3 Å². The van der Waals surface area contributed by atoms with Crippen LogP contribution in [0.4, 0.5) is 0 Å². The number of carbonyl (C=O) groups is 13. The molecular weight excluding hydrogens is 1450 g/mol. The Morgan fingerprint density at radius 1 is 0.587 bits per heavy atom. The number of thioether (sulfide) groups is 2. The third-order valence-corrected chi connectivity index (χ3v) is 20.4. The topological polar surface area (TPSA) is 502 Å². The molecule has 0 spiro atoms. The molecule has 13 amide bonds. The molecule has 34 heteroatoms. The summed E-state index contributed by atoms with van der Waals surface area (Å²) in [6, 6.07) is 6.43. The van der Waals surface area contributed by atoms with Crippen molar-refractivity contribution in [2.75, 3.05) is 18.1 Å². The summed E-state index contributed by atoms with van der Waals surface area (Å²) in [5.74, 6) is -11.2. The van der Waals surface area contributed by atoms with E-state index in [1.165, 1.54) is 106 Å². The number of primary amides is 1. The van der Waals surface area contributed by atoms with E-state index in [2.05, 4.69) is 73.8 Å². The Bertz CT molecular complexity index is 4060. The maximum atomic E-state index is 15.0. The van der Waals surface area contributed by atoms with Crippen LogP contribution in [0.1, 0.15) is 128 Å². The number of amides is 13. The number of nitrogens with two attached hydrogens (primary N) is 1. The molecule has 0 unspecified atom stereocenters. The zero-order valence-corrected chi connectivity index (χ0v) is 63.8. The molecule has 32 nitrogen and oxygen atoms in total. The van der Waals surface area contributed by atoms with E-state index in [4.69, 9.17) is 5.73 Å². The van der Waals surface area contributed by atoms with Crippen LogP contribution in [0.5, 0.6) is 11.5 Å². The molecule has 0 aliphatic carbocycles. The summed E-state index contributed by atoms with van der Waals surface area (Å²) < 4.78 is 0. The number of phenols is 2. The van der Waals surface area contributed by atoms with Gasteiger partial charge in [-0.05, 0) is 123 Å². The smallest absolute Gasteiger partial charge is 0.245 e. The summed E-state index contributed by atoms with van der Waals surface area (Å²) in [6.45, 7) is 11.6. The average molecular weight is 1550 g/mol. The number of pyridine rings is 1. The number of H-pyrrole nitrogens is 1. The molecule has 0 radical (unpaired) electrons. The number of aromatic amines is 1. The number of nitrogens with zero attached hydrogens (tertiary/aromatic N) is 1. The number of aromatic nitrogens is 2. The number of phenolic OH excluding ortho intramolecular Hbond substituents is 2. The summed E-state index contributed by atoms with van der Waals surface area (Å²) in [6.07, 6.45) is -2.35. The molecule has 590 valence electrons. The number of hydrogen-bond acceptors (Lipinski definition) is 20. The number of nitrogens with one attached hydrogen (secondary N) is 13. The molecule has 2 aliphatic heterocycles. The molecule has 1 fully saturated rings. The van der Waals surface area contributed by atoms with E-state index in [1.54, 1.807) is 46.0 Å². The lowest BCUT2D eigenvalue weighted by atomic mass is 9.85. The second-order valence-corrected chi connectivity index (χ2v) is 31.0. The molecule has 4 bridgehead atoms. The van der Waals surface area contributed by atoms with Crippen molar-refractivity contribution in [3.05, 3.63) is 125 Å². The first-order valence-electron chi connectivity index (χ1n) is 36.1. The van der Waals surface area contributed by atoms with Gasteiger partial charge in [-0.1, -0.05) is 82.6 Å². The summed E-state index contributed by atoms with van der Waals surface area (Å²) in [5, 5.41) is 75.0. The average Bonchev–Trinajstić information content (AvgIpc) is 1.67. The second-order valence-electron chi connectivity index (χ2n) is 28.8. The third kappa shape index (κ3) is 26.2. The van der Waals surface area contributed by atoms with Crippen molar-refractivity contribution >= 4 is 111 Å². The Labute approximate surface area is 639 Å². The molecule has 12 atom stereocenters. The van der Waals surface area contributed by atoms with Crippen molar-refractivity contribution in [2.45, 2.75) is 209 Å². The van der Waals surface area contributed by atoms with Gasteiger partial charge < -0.3 is 94.9 Å². The monoisotopic (exact) mass is 1550 g/mol. The third-order valence-electron chi connectivity index (χ3n) is 18.2. The van der Waals surface area contributed by atoms with Crippen molar-refractivity contribution in [1.29, 1.82) is 0 Å². The van der Waals surface area contributed by atoms with Gasteiger partial charge in [0.05, 0.1) is 12.2 Å². The van der Waals surface area contributed by atoms with Crippen molar-refractivity contribution < 1.29 is 82.8 Å². The number of benzene rings is 3. The molecule has 2 aromatic heterocycles. The fraction of sp³-hybridized carbons (Fsp3) is 0.493. The van der Waals surface area contributed by atoms with Crippen molar-refractivity contribution in [3.8, 4) is 11.5 Å². The van der Waals surface area contributed by atoms with Crippen LogP contribution >= 0.6 is 23.5 Å². The molecule has 5 aromatic rings. The first-order chi connectivity index (χ1) is 51.6. The zero-order valence-electron chi connectivity index (χ0n) is 62.2. The van der Waals surface area contributed by atoms with Crippen LogP contribution in [0.15, 0.2) is 97.3 Å². The van der Waals surface area contributed by atoms with Crippen LogP contribution in [0.2, 0.25) is 0 Å². The Balaban J connectivity index is 1.30. The minimum atomic E-state index is -1.97. The SMILES string of the molecule is CCC[C@@H]1NC(=O)[C@H](Cc2c[nH]c3ncccc23)NC(=O)[C@H]([C@@H](C)O)NC(=O)[C@@H]2CCCNC(=O)CC[C@@H](NC1=O)C(=O)N[C@@H](Cc1ccc(O)cc1)C(=O)NC(C)(C)C(=O)N[C@@H]([C@@H](C)O)C(=O)N[C@H](C(N)=O)CSCc1cccc(c1)CSCCC(=O)N[C@@H](C(C)(C)C)C(=O)N[C@@H](Cc1ccc(O)cc1)C(=O)N2. The van der Waals surface area contributed by atoms with E-state index in [1.807, 2.05) is 24.3 Å². The lowest BCUT2D eigenvalue weighted by Gasteiger charge is -2.32. The van der Waals surface area contributed by atoms with Gasteiger partial charge in [-0.15, -0.1) is 0 Å². The maximum Gasteiger partial charge on any atom is 0.245 e. The predicted octanol–water partition coefficient (Wildman–Crippen LogP) is 0.0984. The van der Waals surface area contributed by atoms with E-state index in [9.17, 15) is 73.2 Å². The molecule has 0 saturated carbocycles. The molecule has 109 heavy (non-hydrogen) atoms. The normalized spacial score (nSPS) is 24.7. The Morgan fingerprint density at radius 3 is 1.72 bits per heavy atom. The van der Waals surface area contributed by atoms with Gasteiger partial charge in [0.2, 0.25) is 76.8 Å². The molecule has 4 heterocycles. The lowest BCUT2D eigenvalue weighted by Crippen LogP contribution is -2.64. The van der Waals surface area contributed by atoms with Gasteiger partial charge in [0.25, 0.3) is 0 Å². The summed E-state index contributed by atoms with van der Waals surface area (Å²) in [5.41, 5.74) is 6.23. The predicted molar refractivity (Wildman–Crippen MR) is 407 cm³/mol. The van der Waals surface area contributed by atoms with Crippen LogP contribution in [0.3, 0.4) is 0 Å².